The second kappa shape index (κ2) is 7.32. The van der Waals surface area contributed by atoms with Crippen LogP contribution in [0.15, 0.2) is 30.3 Å². The monoisotopic (exact) mass is 360 g/mol. The van der Waals surface area contributed by atoms with Crippen molar-refractivity contribution in [3.05, 3.63) is 30.3 Å². The van der Waals surface area contributed by atoms with Crippen molar-refractivity contribution in [2.45, 2.75) is 18.1 Å². The molecule has 3 aliphatic heterocycles. The van der Waals surface area contributed by atoms with Gasteiger partial charge in [-0.25, -0.2) is 5.43 Å². The van der Waals surface area contributed by atoms with Crippen molar-refractivity contribution in [1.82, 2.24) is 15.8 Å². The maximum absolute atomic E-state index is 12.8. The lowest BCUT2D eigenvalue weighted by Crippen LogP contribution is -2.62. The third kappa shape index (κ3) is 3.45. The summed E-state index contributed by atoms with van der Waals surface area (Å²) < 4.78 is 11.7. The fraction of sp³-hybridized carbons (Fsp3) is 0.556. The lowest BCUT2D eigenvalue weighted by Gasteiger charge is -2.43. The van der Waals surface area contributed by atoms with Gasteiger partial charge in [0.2, 0.25) is 5.91 Å². The number of nitrogens with zero attached hydrogens (tertiary/aromatic N) is 2. The van der Waals surface area contributed by atoms with E-state index in [1.807, 2.05) is 30.3 Å². The Balaban J connectivity index is 1.53. The number of ether oxygens (including phenoxy) is 2. The van der Waals surface area contributed by atoms with E-state index in [9.17, 15) is 9.59 Å². The first-order valence-electron chi connectivity index (χ1n) is 9.01. The van der Waals surface area contributed by atoms with Crippen LogP contribution < -0.4 is 15.8 Å². The molecule has 1 spiro atoms. The SMILES string of the molecule is O=C(C1CCNN1)N1CCOCC2(C1)CN(c1ccccc1)C(=O)CO2. The van der Waals surface area contributed by atoms with Crippen LogP contribution >= 0.6 is 0 Å². The van der Waals surface area contributed by atoms with Crippen LogP contribution in [-0.4, -0.2) is 74.4 Å². The summed E-state index contributed by atoms with van der Waals surface area (Å²) in [5, 5.41) is 0. The molecule has 0 aliphatic carbocycles. The van der Waals surface area contributed by atoms with Gasteiger partial charge < -0.3 is 19.3 Å². The summed E-state index contributed by atoms with van der Waals surface area (Å²) in [5.41, 5.74) is 6.15. The zero-order valence-corrected chi connectivity index (χ0v) is 14.6. The Kier molecular flexibility index (Phi) is 4.90. The molecule has 0 radical (unpaired) electrons. The van der Waals surface area contributed by atoms with Gasteiger partial charge in [-0.2, -0.15) is 0 Å². The van der Waals surface area contributed by atoms with E-state index in [-0.39, 0.29) is 24.5 Å². The van der Waals surface area contributed by atoms with E-state index in [4.69, 9.17) is 9.47 Å². The molecule has 3 heterocycles. The molecule has 1 aromatic rings. The van der Waals surface area contributed by atoms with Crippen molar-refractivity contribution < 1.29 is 19.1 Å². The van der Waals surface area contributed by atoms with Crippen molar-refractivity contribution in [3.8, 4) is 0 Å². The molecule has 140 valence electrons. The van der Waals surface area contributed by atoms with Crippen molar-refractivity contribution >= 4 is 17.5 Å². The van der Waals surface area contributed by atoms with Gasteiger partial charge in [0.05, 0.1) is 26.3 Å². The standard InChI is InChI=1S/C18H24N4O4/c23-16-10-26-18(12-22(16)14-4-2-1-3-5-14)11-21(8-9-25-13-18)17(24)15-6-7-19-20-15/h1-5,15,19-20H,6-13H2. The number of para-hydroxylation sites is 1. The van der Waals surface area contributed by atoms with Gasteiger partial charge in [0.15, 0.2) is 0 Å². The number of carbonyl (C=O) groups is 2. The van der Waals surface area contributed by atoms with Crippen LogP contribution in [0.4, 0.5) is 5.69 Å². The molecule has 2 unspecified atom stereocenters. The smallest absolute Gasteiger partial charge is 0.253 e. The highest BCUT2D eigenvalue weighted by atomic mass is 16.6. The number of hydrazine groups is 1. The number of hydrogen-bond donors (Lipinski definition) is 2. The lowest BCUT2D eigenvalue weighted by molar-refractivity contribution is -0.150. The first kappa shape index (κ1) is 17.4. The Bertz CT molecular complexity index is 664. The average molecular weight is 360 g/mol. The predicted molar refractivity (Wildman–Crippen MR) is 94.4 cm³/mol. The molecule has 8 nitrogen and oxygen atoms in total. The van der Waals surface area contributed by atoms with Crippen molar-refractivity contribution in [2.24, 2.45) is 0 Å². The van der Waals surface area contributed by atoms with Gasteiger partial charge in [0.1, 0.15) is 18.2 Å². The second-order valence-electron chi connectivity index (χ2n) is 7.01. The van der Waals surface area contributed by atoms with Crippen molar-refractivity contribution in [3.63, 3.8) is 0 Å². The number of morpholine rings is 1. The molecule has 0 saturated carbocycles. The fourth-order valence-corrected chi connectivity index (χ4v) is 3.72. The van der Waals surface area contributed by atoms with E-state index in [2.05, 4.69) is 10.9 Å². The molecule has 2 amide bonds. The zero-order valence-electron chi connectivity index (χ0n) is 14.6. The number of amides is 2. The van der Waals surface area contributed by atoms with Crippen LogP contribution in [0.2, 0.25) is 0 Å². The number of nitrogens with one attached hydrogen (secondary N) is 2. The normalized spacial score (nSPS) is 29.8. The third-order valence-electron chi connectivity index (χ3n) is 5.11. The predicted octanol–water partition coefficient (Wildman–Crippen LogP) is -0.486. The van der Waals surface area contributed by atoms with Crippen LogP contribution in [0.3, 0.4) is 0 Å². The summed E-state index contributed by atoms with van der Waals surface area (Å²) in [7, 11) is 0. The molecule has 1 aromatic carbocycles. The number of anilines is 1. The van der Waals surface area contributed by atoms with Gasteiger partial charge in [-0.3, -0.25) is 15.0 Å². The Morgan fingerprint density at radius 1 is 1.23 bits per heavy atom. The van der Waals surface area contributed by atoms with Crippen LogP contribution in [0.1, 0.15) is 6.42 Å². The van der Waals surface area contributed by atoms with Gasteiger partial charge in [-0.15, -0.1) is 0 Å². The first-order valence-corrected chi connectivity index (χ1v) is 9.01. The second-order valence-corrected chi connectivity index (χ2v) is 7.01. The maximum Gasteiger partial charge on any atom is 0.253 e. The molecule has 4 rings (SSSR count). The molecule has 2 N–H and O–H groups in total. The fourth-order valence-electron chi connectivity index (χ4n) is 3.72. The van der Waals surface area contributed by atoms with E-state index in [1.54, 1.807) is 9.80 Å². The highest BCUT2D eigenvalue weighted by Gasteiger charge is 2.45. The summed E-state index contributed by atoms with van der Waals surface area (Å²) >= 11 is 0. The largest absolute Gasteiger partial charge is 0.376 e. The number of benzene rings is 1. The number of hydrogen-bond acceptors (Lipinski definition) is 6. The van der Waals surface area contributed by atoms with E-state index in [0.29, 0.717) is 32.8 Å². The van der Waals surface area contributed by atoms with E-state index >= 15 is 0 Å². The maximum atomic E-state index is 12.8. The molecule has 3 saturated heterocycles. The lowest BCUT2D eigenvalue weighted by atomic mass is 10.0. The molecule has 3 fully saturated rings. The molecule has 0 bridgehead atoms. The highest BCUT2D eigenvalue weighted by molar-refractivity contribution is 5.95. The van der Waals surface area contributed by atoms with Crippen molar-refractivity contribution in [2.75, 3.05) is 50.9 Å². The van der Waals surface area contributed by atoms with Crippen molar-refractivity contribution in [1.29, 1.82) is 0 Å². The van der Waals surface area contributed by atoms with Crippen LogP contribution in [0.25, 0.3) is 0 Å². The van der Waals surface area contributed by atoms with E-state index < -0.39 is 5.60 Å². The first-order chi connectivity index (χ1) is 12.7. The molecular weight excluding hydrogens is 336 g/mol. The highest BCUT2D eigenvalue weighted by Crippen LogP contribution is 2.27. The quantitative estimate of drug-likeness (QED) is 0.741. The summed E-state index contributed by atoms with van der Waals surface area (Å²) in [4.78, 5) is 28.8. The summed E-state index contributed by atoms with van der Waals surface area (Å²) in [6, 6.07) is 9.32. The number of rotatable bonds is 2. The number of carbonyl (C=O) groups excluding carboxylic acids is 2. The van der Waals surface area contributed by atoms with Gasteiger partial charge in [0, 0.05) is 18.8 Å². The van der Waals surface area contributed by atoms with E-state index in [1.165, 1.54) is 0 Å². The van der Waals surface area contributed by atoms with Gasteiger partial charge in [-0.05, 0) is 18.6 Å². The Morgan fingerprint density at radius 2 is 2.08 bits per heavy atom. The van der Waals surface area contributed by atoms with Crippen LogP contribution in [0.5, 0.6) is 0 Å². The summed E-state index contributed by atoms with van der Waals surface area (Å²) in [6.07, 6.45) is 0.763. The Hall–Kier alpha value is -2.00. The zero-order chi connectivity index (χ0) is 18.0. The Morgan fingerprint density at radius 3 is 2.85 bits per heavy atom. The van der Waals surface area contributed by atoms with Gasteiger partial charge >= 0.3 is 0 Å². The molecule has 2 atom stereocenters. The molecular formula is C18H24N4O4. The molecule has 3 aliphatic rings. The minimum Gasteiger partial charge on any atom is -0.376 e. The van der Waals surface area contributed by atoms with Crippen LogP contribution in [-0.2, 0) is 19.1 Å². The minimum atomic E-state index is -0.706. The topological polar surface area (TPSA) is 83.1 Å². The Labute approximate surface area is 152 Å². The average Bonchev–Trinajstić information content (AvgIpc) is 3.13. The minimum absolute atomic E-state index is 0.0104. The molecule has 0 aromatic heterocycles. The third-order valence-corrected chi connectivity index (χ3v) is 5.11. The van der Waals surface area contributed by atoms with Gasteiger partial charge in [0.25, 0.3) is 5.91 Å². The van der Waals surface area contributed by atoms with Crippen LogP contribution in [0, 0.1) is 0 Å². The van der Waals surface area contributed by atoms with E-state index in [0.717, 1.165) is 18.7 Å². The van der Waals surface area contributed by atoms with Gasteiger partial charge in [-0.1, -0.05) is 18.2 Å². The molecule has 26 heavy (non-hydrogen) atoms. The molecule has 8 heteroatoms. The summed E-state index contributed by atoms with van der Waals surface area (Å²) in [6.45, 7) is 2.92. The summed E-state index contributed by atoms with van der Waals surface area (Å²) in [5.74, 6) is -0.0303.